The molecule has 1 aromatic heterocycles. The van der Waals surface area contributed by atoms with E-state index in [1.807, 2.05) is 4.90 Å². The number of aromatic nitrogens is 1. The number of aromatic hydroxyl groups is 1. The van der Waals surface area contributed by atoms with Crippen LogP contribution in [-0.4, -0.2) is 40.7 Å². The number of hydrogen-bond donors (Lipinski definition) is 1. The molecule has 0 aliphatic carbocycles. The molecule has 8 nitrogen and oxygen atoms in total. The van der Waals surface area contributed by atoms with Crippen molar-refractivity contribution in [3.63, 3.8) is 0 Å². The van der Waals surface area contributed by atoms with Crippen LogP contribution in [0.2, 0.25) is 0 Å². The molecule has 1 fully saturated rings. The second-order valence-corrected chi connectivity index (χ2v) is 5.29. The van der Waals surface area contributed by atoms with E-state index in [1.54, 1.807) is 12.1 Å². The lowest BCUT2D eigenvalue weighted by atomic mass is 10.1. The fourth-order valence-electron chi connectivity index (χ4n) is 3.01. The summed E-state index contributed by atoms with van der Waals surface area (Å²) >= 11 is 0. The van der Waals surface area contributed by atoms with Crippen LogP contribution in [0.5, 0.6) is 5.75 Å². The van der Waals surface area contributed by atoms with Gasteiger partial charge in [0.25, 0.3) is 0 Å². The quantitative estimate of drug-likeness (QED) is 0.524. The van der Waals surface area contributed by atoms with E-state index in [1.165, 1.54) is 19.4 Å². The maximum absolute atomic E-state index is 11.9. The fraction of sp³-hybridized carbons (Fsp3) is 0.333. The molecule has 1 aliphatic rings. The first-order valence-electron chi connectivity index (χ1n) is 7.14. The van der Waals surface area contributed by atoms with E-state index < -0.39 is 22.4 Å². The molecule has 0 radical (unpaired) electrons. The van der Waals surface area contributed by atoms with Gasteiger partial charge in [-0.1, -0.05) is 0 Å². The van der Waals surface area contributed by atoms with Gasteiger partial charge in [0, 0.05) is 29.9 Å². The normalized spacial score (nSPS) is 17.4. The van der Waals surface area contributed by atoms with Gasteiger partial charge in [-0.25, -0.2) is 4.79 Å². The second-order valence-electron chi connectivity index (χ2n) is 5.29. The molecule has 1 atom stereocenters. The maximum Gasteiger partial charge on any atom is 0.328 e. The summed E-state index contributed by atoms with van der Waals surface area (Å²) in [5.74, 6) is -0.790. The van der Waals surface area contributed by atoms with Crippen LogP contribution in [0.25, 0.3) is 10.9 Å². The van der Waals surface area contributed by atoms with E-state index in [2.05, 4.69) is 4.98 Å². The lowest BCUT2D eigenvalue weighted by Gasteiger charge is -2.25. The molecule has 1 N–H and O–H groups in total. The van der Waals surface area contributed by atoms with Gasteiger partial charge < -0.3 is 14.7 Å². The van der Waals surface area contributed by atoms with Crippen LogP contribution in [0.3, 0.4) is 0 Å². The Morgan fingerprint density at radius 1 is 1.48 bits per heavy atom. The molecule has 1 saturated heterocycles. The zero-order valence-electron chi connectivity index (χ0n) is 12.4. The monoisotopic (exact) mass is 317 g/mol. The van der Waals surface area contributed by atoms with E-state index in [0.29, 0.717) is 24.0 Å². The summed E-state index contributed by atoms with van der Waals surface area (Å²) in [7, 11) is 1.35. The summed E-state index contributed by atoms with van der Waals surface area (Å²) in [5, 5.41) is 21.6. The van der Waals surface area contributed by atoms with Gasteiger partial charge in [-0.3, -0.25) is 15.1 Å². The summed E-state index contributed by atoms with van der Waals surface area (Å²) in [4.78, 5) is 28.1. The zero-order valence-corrected chi connectivity index (χ0v) is 12.4. The van der Waals surface area contributed by atoms with Gasteiger partial charge in [0.15, 0.2) is 0 Å². The minimum absolute atomic E-state index is 0.146. The first kappa shape index (κ1) is 15.0. The van der Waals surface area contributed by atoms with Crippen LogP contribution >= 0.6 is 0 Å². The number of nitro groups is 1. The number of benzene rings is 1. The summed E-state index contributed by atoms with van der Waals surface area (Å²) in [6.07, 6.45) is 2.98. The van der Waals surface area contributed by atoms with Gasteiger partial charge in [0.1, 0.15) is 11.6 Å². The Bertz CT molecular complexity index is 792. The average Bonchev–Trinajstić information content (AvgIpc) is 3.03. The highest BCUT2D eigenvalue weighted by molar-refractivity contribution is 5.98. The van der Waals surface area contributed by atoms with Gasteiger partial charge >= 0.3 is 11.7 Å². The van der Waals surface area contributed by atoms with Gasteiger partial charge in [-0.05, 0) is 25.0 Å². The van der Waals surface area contributed by atoms with Crippen LogP contribution in [0, 0.1) is 10.1 Å². The summed E-state index contributed by atoms with van der Waals surface area (Å²) in [6, 6.07) is 4.12. The number of phenolic OH excluding ortho intramolecular Hbond substituents is 1. The van der Waals surface area contributed by atoms with Crippen molar-refractivity contribution in [1.29, 1.82) is 0 Å². The standard InChI is InChI=1S/C15H15N3O5/c1-23-15(20)12-3-2-8-17(12)10-6-7-16-13-9(10)4-5-11(14(13)19)18(21)22/h4-7,12,19H,2-3,8H2,1H3/t12-/m0/s1. The summed E-state index contributed by atoms with van der Waals surface area (Å²) in [5.41, 5.74) is 0.452. The Morgan fingerprint density at radius 3 is 2.96 bits per heavy atom. The largest absolute Gasteiger partial charge is 0.501 e. The third-order valence-electron chi connectivity index (χ3n) is 4.07. The molecule has 0 amide bonds. The third-order valence-corrected chi connectivity index (χ3v) is 4.07. The Labute approximate surface area is 131 Å². The Kier molecular flexibility index (Phi) is 3.73. The molecule has 120 valence electrons. The molecule has 0 saturated carbocycles. The van der Waals surface area contributed by atoms with E-state index in [9.17, 15) is 20.0 Å². The number of methoxy groups -OCH3 is 1. The van der Waals surface area contributed by atoms with Crippen LogP contribution in [-0.2, 0) is 9.53 Å². The fourth-order valence-corrected chi connectivity index (χ4v) is 3.01. The van der Waals surface area contributed by atoms with E-state index in [0.717, 1.165) is 6.42 Å². The first-order valence-corrected chi connectivity index (χ1v) is 7.14. The van der Waals surface area contributed by atoms with Crippen molar-refractivity contribution in [3.8, 4) is 5.75 Å². The lowest BCUT2D eigenvalue weighted by Crippen LogP contribution is -2.37. The van der Waals surface area contributed by atoms with Crippen LogP contribution in [0.4, 0.5) is 11.4 Å². The third kappa shape index (κ3) is 2.41. The van der Waals surface area contributed by atoms with Crippen molar-refractivity contribution in [1.82, 2.24) is 4.98 Å². The minimum Gasteiger partial charge on any atom is -0.501 e. The van der Waals surface area contributed by atoms with Crippen molar-refractivity contribution < 1.29 is 19.6 Å². The van der Waals surface area contributed by atoms with Crippen LogP contribution < -0.4 is 4.90 Å². The smallest absolute Gasteiger partial charge is 0.328 e. The molecular formula is C15H15N3O5. The van der Waals surface area contributed by atoms with E-state index in [4.69, 9.17) is 4.74 Å². The number of hydrogen-bond acceptors (Lipinski definition) is 7. The van der Waals surface area contributed by atoms with Gasteiger partial charge in [0.05, 0.1) is 12.0 Å². The number of fused-ring (bicyclic) bond motifs is 1. The van der Waals surface area contributed by atoms with Crippen molar-refractivity contribution in [3.05, 3.63) is 34.5 Å². The second kappa shape index (κ2) is 5.71. The van der Waals surface area contributed by atoms with Crippen LogP contribution in [0.1, 0.15) is 12.8 Å². The average molecular weight is 317 g/mol. The molecule has 23 heavy (non-hydrogen) atoms. The molecule has 2 heterocycles. The number of esters is 1. The van der Waals surface area contributed by atoms with Gasteiger partial charge in [-0.2, -0.15) is 0 Å². The topological polar surface area (TPSA) is 106 Å². The summed E-state index contributed by atoms with van der Waals surface area (Å²) in [6.45, 7) is 0.663. The SMILES string of the molecule is COC(=O)[C@@H]1CCCN1c1ccnc2c(O)c([N+](=O)[O-])ccc12. The molecule has 8 heteroatoms. The van der Waals surface area contributed by atoms with Crippen LogP contribution in [0.15, 0.2) is 24.4 Å². The predicted octanol–water partition coefficient (Wildman–Crippen LogP) is 1.99. The molecule has 0 bridgehead atoms. The number of anilines is 1. The minimum atomic E-state index is -0.657. The first-order chi connectivity index (χ1) is 11.0. The Balaban J connectivity index is 2.14. The van der Waals surface area contributed by atoms with Gasteiger partial charge in [-0.15, -0.1) is 0 Å². The number of ether oxygens (including phenoxy) is 1. The molecule has 0 spiro atoms. The number of rotatable bonds is 3. The van der Waals surface area contributed by atoms with Crippen molar-refractivity contribution in [2.75, 3.05) is 18.6 Å². The Morgan fingerprint density at radius 2 is 2.26 bits per heavy atom. The van der Waals surface area contributed by atoms with Crippen molar-refractivity contribution >= 4 is 28.2 Å². The highest BCUT2D eigenvalue weighted by atomic mass is 16.6. The molecule has 2 aromatic rings. The number of carbonyl (C=O) groups excluding carboxylic acids is 1. The zero-order chi connectivity index (χ0) is 16.6. The number of pyridine rings is 1. The maximum atomic E-state index is 11.9. The highest BCUT2D eigenvalue weighted by Gasteiger charge is 2.33. The van der Waals surface area contributed by atoms with Crippen molar-refractivity contribution in [2.24, 2.45) is 0 Å². The molecular weight excluding hydrogens is 302 g/mol. The molecule has 3 rings (SSSR count). The number of nitrogens with zero attached hydrogens (tertiary/aromatic N) is 3. The predicted molar refractivity (Wildman–Crippen MR) is 82.4 cm³/mol. The van der Waals surface area contributed by atoms with E-state index >= 15 is 0 Å². The Hall–Kier alpha value is -2.90. The number of carbonyl (C=O) groups is 1. The molecule has 1 aromatic carbocycles. The number of nitro benzene ring substituents is 1. The lowest BCUT2D eigenvalue weighted by molar-refractivity contribution is -0.385. The summed E-state index contributed by atoms with van der Waals surface area (Å²) < 4.78 is 4.84. The highest BCUT2D eigenvalue weighted by Crippen LogP contribution is 2.38. The van der Waals surface area contributed by atoms with Crippen molar-refractivity contribution in [2.45, 2.75) is 18.9 Å². The van der Waals surface area contributed by atoms with Gasteiger partial charge in [0.2, 0.25) is 5.75 Å². The number of phenols is 1. The molecule has 0 unspecified atom stereocenters. The van der Waals surface area contributed by atoms with E-state index in [-0.39, 0.29) is 11.5 Å². The molecule has 1 aliphatic heterocycles.